The largest absolute Gasteiger partial charge is 0.409 e. The van der Waals surface area contributed by atoms with Gasteiger partial charge >= 0.3 is 0 Å². The normalized spacial score (nSPS) is 24.8. The van der Waals surface area contributed by atoms with E-state index in [1.807, 2.05) is 16.7 Å². The zero-order valence-corrected chi connectivity index (χ0v) is 12.8. The second-order valence-electron chi connectivity index (χ2n) is 5.74. The van der Waals surface area contributed by atoms with E-state index in [1.165, 1.54) is 0 Å². The number of amides is 1. The highest BCUT2D eigenvalue weighted by Crippen LogP contribution is 2.37. The standard InChI is InChI=1S/C14H25N3O2S/c15-12(16-19)14(6-3-1-2-4-7-14)13(18)17-8-5-10-20-11-9-17/h19H,1-11H2,(H2,15,16). The van der Waals surface area contributed by atoms with E-state index in [1.54, 1.807) is 0 Å². The van der Waals surface area contributed by atoms with Crippen molar-refractivity contribution in [3.8, 4) is 0 Å². The number of hydrogen-bond donors (Lipinski definition) is 2. The van der Waals surface area contributed by atoms with Gasteiger partial charge in [0.15, 0.2) is 5.84 Å². The van der Waals surface area contributed by atoms with Crippen LogP contribution in [0.5, 0.6) is 0 Å². The molecule has 114 valence electrons. The van der Waals surface area contributed by atoms with Crippen LogP contribution in [0.4, 0.5) is 0 Å². The summed E-state index contributed by atoms with van der Waals surface area (Å²) in [6, 6.07) is 0. The number of rotatable bonds is 2. The highest BCUT2D eigenvalue weighted by Gasteiger charge is 2.45. The smallest absolute Gasteiger partial charge is 0.236 e. The van der Waals surface area contributed by atoms with Crippen molar-refractivity contribution in [1.82, 2.24) is 4.90 Å². The monoisotopic (exact) mass is 299 g/mol. The lowest BCUT2D eigenvalue weighted by atomic mass is 9.77. The molecule has 0 bridgehead atoms. The molecule has 3 N–H and O–H groups in total. The first kappa shape index (κ1) is 15.5. The second kappa shape index (κ2) is 7.20. The summed E-state index contributed by atoms with van der Waals surface area (Å²) in [6.45, 7) is 1.58. The van der Waals surface area contributed by atoms with Crippen molar-refractivity contribution >= 4 is 23.5 Å². The fourth-order valence-corrected chi connectivity index (χ4v) is 4.15. The van der Waals surface area contributed by atoms with E-state index in [-0.39, 0.29) is 11.7 Å². The van der Waals surface area contributed by atoms with Gasteiger partial charge in [0.25, 0.3) is 0 Å². The molecule has 1 heterocycles. The van der Waals surface area contributed by atoms with Crippen molar-refractivity contribution in [3.05, 3.63) is 0 Å². The van der Waals surface area contributed by atoms with Crippen LogP contribution in [0, 0.1) is 5.41 Å². The quantitative estimate of drug-likeness (QED) is 0.269. The Kier molecular flexibility index (Phi) is 5.57. The molecular formula is C14H25N3O2S. The van der Waals surface area contributed by atoms with Gasteiger partial charge < -0.3 is 15.8 Å². The number of thioether (sulfide) groups is 1. The zero-order chi connectivity index (χ0) is 14.4. The number of nitrogens with two attached hydrogens (primary N) is 1. The van der Waals surface area contributed by atoms with Crippen LogP contribution in [-0.4, -0.2) is 46.4 Å². The molecule has 0 spiro atoms. The van der Waals surface area contributed by atoms with Crippen LogP contribution in [0.15, 0.2) is 5.16 Å². The molecule has 2 rings (SSSR count). The fourth-order valence-electron chi connectivity index (χ4n) is 3.26. The third-order valence-corrected chi connectivity index (χ3v) is 5.52. The molecule has 1 aliphatic heterocycles. The first-order chi connectivity index (χ1) is 9.70. The maximum Gasteiger partial charge on any atom is 0.236 e. The number of carbonyl (C=O) groups is 1. The van der Waals surface area contributed by atoms with Gasteiger partial charge in [-0.05, 0) is 25.0 Å². The van der Waals surface area contributed by atoms with Crippen LogP contribution in [-0.2, 0) is 4.79 Å². The van der Waals surface area contributed by atoms with Crippen molar-refractivity contribution in [2.75, 3.05) is 24.6 Å². The first-order valence-corrected chi connectivity index (χ1v) is 8.71. The van der Waals surface area contributed by atoms with E-state index >= 15 is 0 Å². The van der Waals surface area contributed by atoms with Gasteiger partial charge in [-0.3, -0.25) is 4.79 Å². The maximum atomic E-state index is 13.0. The molecule has 0 aromatic carbocycles. The van der Waals surface area contributed by atoms with Crippen LogP contribution in [0.1, 0.15) is 44.9 Å². The van der Waals surface area contributed by atoms with Gasteiger partial charge in [0.2, 0.25) is 5.91 Å². The molecule has 0 aromatic heterocycles. The van der Waals surface area contributed by atoms with E-state index in [0.29, 0.717) is 12.8 Å². The fraction of sp³-hybridized carbons (Fsp3) is 0.857. The lowest BCUT2D eigenvalue weighted by molar-refractivity contribution is -0.138. The topological polar surface area (TPSA) is 78.9 Å². The minimum absolute atomic E-state index is 0.0807. The lowest BCUT2D eigenvalue weighted by Gasteiger charge is -2.35. The third kappa shape index (κ3) is 3.22. The van der Waals surface area contributed by atoms with Gasteiger partial charge in [0, 0.05) is 18.8 Å². The Morgan fingerprint density at radius 2 is 1.80 bits per heavy atom. The third-order valence-electron chi connectivity index (χ3n) is 4.47. The average molecular weight is 299 g/mol. The summed E-state index contributed by atoms with van der Waals surface area (Å²) in [5.74, 6) is 2.29. The van der Waals surface area contributed by atoms with E-state index in [9.17, 15) is 4.79 Å². The van der Waals surface area contributed by atoms with Crippen molar-refractivity contribution < 1.29 is 10.0 Å². The van der Waals surface area contributed by atoms with Crippen LogP contribution < -0.4 is 5.73 Å². The molecule has 6 heteroatoms. The minimum Gasteiger partial charge on any atom is -0.409 e. The summed E-state index contributed by atoms with van der Waals surface area (Å²) in [5.41, 5.74) is 5.18. The van der Waals surface area contributed by atoms with Gasteiger partial charge in [-0.1, -0.05) is 30.8 Å². The second-order valence-corrected chi connectivity index (χ2v) is 6.96. The van der Waals surface area contributed by atoms with Crippen molar-refractivity contribution in [2.45, 2.75) is 44.9 Å². The van der Waals surface area contributed by atoms with E-state index in [0.717, 1.165) is 56.7 Å². The highest BCUT2D eigenvalue weighted by molar-refractivity contribution is 7.99. The molecule has 5 nitrogen and oxygen atoms in total. The summed E-state index contributed by atoms with van der Waals surface area (Å²) in [7, 11) is 0. The number of oxime groups is 1. The summed E-state index contributed by atoms with van der Waals surface area (Å²) in [4.78, 5) is 15.0. The molecule has 1 amide bonds. The van der Waals surface area contributed by atoms with Crippen LogP contribution in [0.2, 0.25) is 0 Å². The summed E-state index contributed by atoms with van der Waals surface area (Å²) >= 11 is 1.90. The van der Waals surface area contributed by atoms with Gasteiger partial charge in [-0.25, -0.2) is 0 Å². The van der Waals surface area contributed by atoms with Crippen molar-refractivity contribution in [2.24, 2.45) is 16.3 Å². The zero-order valence-electron chi connectivity index (χ0n) is 12.0. The van der Waals surface area contributed by atoms with Crippen LogP contribution in [0.3, 0.4) is 0 Å². The highest BCUT2D eigenvalue weighted by atomic mass is 32.2. The molecule has 1 aliphatic carbocycles. The van der Waals surface area contributed by atoms with E-state index in [2.05, 4.69) is 5.16 Å². The molecule has 1 saturated heterocycles. The van der Waals surface area contributed by atoms with Gasteiger partial charge in [-0.2, -0.15) is 11.8 Å². The van der Waals surface area contributed by atoms with Crippen molar-refractivity contribution in [1.29, 1.82) is 0 Å². The number of hydrogen-bond acceptors (Lipinski definition) is 4. The SMILES string of the molecule is NC(=NO)C1(C(=O)N2CCCSCC2)CCCCCC1. The van der Waals surface area contributed by atoms with Crippen LogP contribution in [0.25, 0.3) is 0 Å². The number of nitrogens with zero attached hydrogens (tertiary/aromatic N) is 2. The van der Waals surface area contributed by atoms with Gasteiger partial charge in [0.1, 0.15) is 5.41 Å². The molecule has 1 saturated carbocycles. The number of carbonyl (C=O) groups excluding carboxylic acids is 1. The molecule has 0 atom stereocenters. The molecule has 2 aliphatic rings. The summed E-state index contributed by atoms with van der Waals surface area (Å²) in [6.07, 6.45) is 6.67. The summed E-state index contributed by atoms with van der Waals surface area (Å²) in [5, 5.41) is 12.3. The molecular weight excluding hydrogens is 274 g/mol. The van der Waals surface area contributed by atoms with Gasteiger partial charge in [0.05, 0.1) is 0 Å². The Bertz CT molecular complexity index is 357. The molecule has 20 heavy (non-hydrogen) atoms. The predicted octanol–water partition coefficient (Wildman–Crippen LogP) is 2.04. The first-order valence-electron chi connectivity index (χ1n) is 7.56. The Labute approximate surface area is 124 Å². The average Bonchev–Trinajstić information content (AvgIpc) is 2.89. The van der Waals surface area contributed by atoms with Gasteiger partial charge in [-0.15, -0.1) is 0 Å². The van der Waals surface area contributed by atoms with Crippen LogP contribution >= 0.6 is 11.8 Å². The summed E-state index contributed by atoms with van der Waals surface area (Å²) < 4.78 is 0. The maximum absolute atomic E-state index is 13.0. The Morgan fingerprint density at radius 3 is 2.45 bits per heavy atom. The van der Waals surface area contributed by atoms with E-state index in [4.69, 9.17) is 10.9 Å². The molecule has 2 fully saturated rings. The van der Waals surface area contributed by atoms with Crippen molar-refractivity contribution in [3.63, 3.8) is 0 Å². The Morgan fingerprint density at radius 1 is 1.10 bits per heavy atom. The minimum atomic E-state index is -0.764. The van der Waals surface area contributed by atoms with E-state index < -0.39 is 5.41 Å². The predicted molar refractivity (Wildman–Crippen MR) is 82.1 cm³/mol. The molecule has 0 aromatic rings. The molecule has 0 radical (unpaired) electrons. The lowest BCUT2D eigenvalue weighted by Crippen LogP contribution is -2.51. The Balaban J connectivity index is 2.22. The Hall–Kier alpha value is -0.910. The molecule has 0 unspecified atom stereocenters. The number of amidine groups is 1.